The maximum absolute atomic E-state index is 5.36. The predicted octanol–water partition coefficient (Wildman–Crippen LogP) is 2.04. The van der Waals surface area contributed by atoms with Crippen molar-refractivity contribution in [1.82, 2.24) is 20.3 Å². The molecule has 1 heterocycles. The van der Waals surface area contributed by atoms with Gasteiger partial charge in [0.05, 0.1) is 11.7 Å². The summed E-state index contributed by atoms with van der Waals surface area (Å²) in [7, 11) is 1.92. The molecule has 0 fully saturated rings. The van der Waals surface area contributed by atoms with Gasteiger partial charge in [0, 0.05) is 20.3 Å². The molecule has 0 aliphatic rings. The Morgan fingerprint density at radius 2 is 2.24 bits per heavy atom. The summed E-state index contributed by atoms with van der Waals surface area (Å²) in [5.41, 5.74) is 1.10. The van der Waals surface area contributed by atoms with Crippen molar-refractivity contribution in [2.45, 2.75) is 32.7 Å². The molecule has 1 aromatic heterocycles. The van der Waals surface area contributed by atoms with Crippen LogP contribution in [0.3, 0.4) is 0 Å². The minimum atomic E-state index is 0.273. The molecule has 17 heavy (non-hydrogen) atoms. The average molecular weight is 305 g/mol. The molecule has 1 aromatic rings. The Morgan fingerprint density at radius 3 is 2.76 bits per heavy atom. The summed E-state index contributed by atoms with van der Waals surface area (Å²) in [5.74, 6) is 0. The molecule has 0 saturated heterocycles. The van der Waals surface area contributed by atoms with Gasteiger partial charge in [-0.25, -0.2) is 4.68 Å². The first-order chi connectivity index (χ1) is 8.20. The number of nitrogens with zero attached hydrogens (tertiary/aromatic N) is 3. The van der Waals surface area contributed by atoms with Crippen molar-refractivity contribution >= 4 is 15.9 Å². The number of nitrogens with one attached hydrogen (secondary N) is 1. The zero-order valence-electron chi connectivity index (χ0n) is 10.7. The Balaban J connectivity index is 2.59. The molecule has 1 rings (SSSR count). The van der Waals surface area contributed by atoms with E-state index in [1.165, 1.54) is 0 Å². The van der Waals surface area contributed by atoms with E-state index in [2.05, 4.69) is 38.5 Å². The van der Waals surface area contributed by atoms with Crippen LogP contribution < -0.4 is 5.32 Å². The quantitative estimate of drug-likeness (QED) is 0.747. The zero-order chi connectivity index (χ0) is 12.7. The van der Waals surface area contributed by atoms with Crippen LogP contribution in [0.1, 0.15) is 38.4 Å². The summed E-state index contributed by atoms with van der Waals surface area (Å²) < 4.78 is 8.00. The Labute approximate surface area is 111 Å². The Bertz CT molecular complexity index is 310. The van der Waals surface area contributed by atoms with Crippen LogP contribution >= 0.6 is 15.9 Å². The van der Waals surface area contributed by atoms with Crippen LogP contribution in [-0.2, 0) is 11.8 Å². The second-order valence-electron chi connectivity index (χ2n) is 3.84. The molecule has 0 aliphatic heterocycles. The Kier molecular flexibility index (Phi) is 6.69. The van der Waals surface area contributed by atoms with E-state index in [9.17, 15) is 0 Å². The highest BCUT2D eigenvalue weighted by Crippen LogP contribution is 2.24. The second-order valence-corrected chi connectivity index (χ2v) is 4.59. The number of aryl methyl sites for hydroxylation is 1. The standard InChI is InChI=1S/C11H21BrN4O/c1-4-13-9(7-6-8-17-5-2)10-11(12)14-15-16(10)3/h9,13H,4-8H2,1-3H3. The molecule has 1 N–H and O–H groups in total. The molecule has 0 bridgehead atoms. The maximum atomic E-state index is 5.36. The summed E-state index contributed by atoms with van der Waals surface area (Å²) in [6.07, 6.45) is 2.05. The Hall–Kier alpha value is -0.460. The van der Waals surface area contributed by atoms with E-state index in [1.54, 1.807) is 0 Å². The number of rotatable bonds is 8. The SMILES string of the molecule is CCNC(CCCOCC)c1c(Br)nnn1C. The van der Waals surface area contributed by atoms with Crippen LogP contribution in [0, 0.1) is 0 Å². The fourth-order valence-electron chi connectivity index (χ4n) is 1.82. The third kappa shape index (κ3) is 4.37. The molecule has 6 heteroatoms. The fourth-order valence-corrected chi connectivity index (χ4v) is 2.43. The first-order valence-corrected chi connectivity index (χ1v) is 6.86. The van der Waals surface area contributed by atoms with Crippen LogP contribution in [0.25, 0.3) is 0 Å². The molecule has 0 aromatic carbocycles. The lowest BCUT2D eigenvalue weighted by Crippen LogP contribution is -2.24. The molecule has 0 aliphatic carbocycles. The highest BCUT2D eigenvalue weighted by atomic mass is 79.9. The van der Waals surface area contributed by atoms with Crippen LogP contribution in [-0.4, -0.2) is 34.8 Å². The van der Waals surface area contributed by atoms with E-state index in [-0.39, 0.29) is 6.04 Å². The predicted molar refractivity (Wildman–Crippen MR) is 70.8 cm³/mol. The van der Waals surface area contributed by atoms with E-state index < -0.39 is 0 Å². The van der Waals surface area contributed by atoms with Gasteiger partial charge in [-0.05, 0) is 42.2 Å². The molecular weight excluding hydrogens is 284 g/mol. The largest absolute Gasteiger partial charge is 0.382 e. The summed E-state index contributed by atoms with van der Waals surface area (Å²) in [6, 6.07) is 0.273. The second kappa shape index (κ2) is 7.79. The lowest BCUT2D eigenvalue weighted by Gasteiger charge is -2.18. The minimum Gasteiger partial charge on any atom is -0.382 e. The minimum absolute atomic E-state index is 0.273. The van der Waals surface area contributed by atoms with Gasteiger partial charge in [-0.1, -0.05) is 12.1 Å². The lowest BCUT2D eigenvalue weighted by molar-refractivity contribution is 0.140. The highest BCUT2D eigenvalue weighted by Gasteiger charge is 2.18. The molecule has 98 valence electrons. The topological polar surface area (TPSA) is 52.0 Å². The molecular formula is C11H21BrN4O. The molecule has 0 spiro atoms. The zero-order valence-corrected chi connectivity index (χ0v) is 12.3. The van der Waals surface area contributed by atoms with Crippen molar-refractivity contribution in [3.63, 3.8) is 0 Å². The molecule has 0 radical (unpaired) electrons. The van der Waals surface area contributed by atoms with E-state index in [0.717, 1.165) is 42.9 Å². The summed E-state index contributed by atoms with van der Waals surface area (Å²) >= 11 is 3.44. The van der Waals surface area contributed by atoms with Crippen LogP contribution in [0.2, 0.25) is 0 Å². The maximum Gasteiger partial charge on any atom is 0.153 e. The molecule has 1 atom stereocenters. The van der Waals surface area contributed by atoms with Gasteiger partial charge in [-0.15, -0.1) is 5.10 Å². The molecule has 0 amide bonds. The lowest BCUT2D eigenvalue weighted by atomic mass is 10.1. The van der Waals surface area contributed by atoms with Crippen molar-refractivity contribution < 1.29 is 4.74 Å². The first kappa shape index (κ1) is 14.6. The fraction of sp³-hybridized carbons (Fsp3) is 0.818. The van der Waals surface area contributed by atoms with Gasteiger partial charge >= 0.3 is 0 Å². The van der Waals surface area contributed by atoms with Crippen LogP contribution in [0.4, 0.5) is 0 Å². The number of hydrogen-bond donors (Lipinski definition) is 1. The third-order valence-electron chi connectivity index (χ3n) is 2.59. The van der Waals surface area contributed by atoms with Crippen LogP contribution in [0.5, 0.6) is 0 Å². The summed E-state index contributed by atoms with van der Waals surface area (Å²) in [6.45, 7) is 6.64. The van der Waals surface area contributed by atoms with Gasteiger partial charge < -0.3 is 10.1 Å². The van der Waals surface area contributed by atoms with Crippen molar-refractivity contribution in [3.05, 3.63) is 10.3 Å². The van der Waals surface area contributed by atoms with Gasteiger partial charge in [0.15, 0.2) is 4.60 Å². The number of halogens is 1. The van der Waals surface area contributed by atoms with E-state index in [4.69, 9.17) is 4.74 Å². The van der Waals surface area contributed by atoms with Crippen molar-refractivity contribution in [1.29, 1.82) is 0 Å². The van der Waals surface area contributed by atoms with E-state index in [1.807, 2.05) is 18.7 Å². The van der Waals surface area contributed by atoms with E-state index in [0.29, 0.717) is 0 Å². The summed E-state index contributed by atoms with van der Waals surface area (Å²) in [5, 5.41) is 11.5. The van der Waals surface area contributed by atoms with Gasteiger partial charge in [-0.3, -0.25) is 0 Å². The van der Waals surface area contributed by atoms with Crippen molar-refractivity contribution in [3.8, 4) is 0 Å². The monoisotopic (exact) mass is 304 g/mol. The smallest absolute Gasteiger partial charge is 0.153 e. The third-order valence-corrected chi connectivity index (χ3v) is 3.16. The van der Waals surface area contributed by atoms with Gasteiger partial charge in [-0.2, -0.15) is 0 Å². The molecule has 5 nitrogen and oxygen atoms in total. The van der Waals surface area contributed by atoms with Crippen LogP contribution in [0.15, 0.2) is 4.60 Å². The molecule has 0 saturated carbocycles. The van der Waals surface area contributed by atoms with Crippen molar-refractivity contribution in [2.75, 3.05) is 19.8 Å². The number of aromatic nitrogens is 3. The summed E-state index contributed by atoms with van der Waals surface area (Å²) in [4.78, 5) is 0. The Morgan fingerprint density at radius 1 is 1.47 bits per heavy atom. The number of hydrogen-bond acceptors (Lipinski definition) is 4. The van der Waals surface area contributed by atoms with E-state index >= 15 is 0 Å². The highest BCUT2D eigenvalue weighted by molar-refractivity contribution is 9.10. The normalized spacial score (nSPS) is 12.9. The van der Waals surface area contributed by atoms with Crippen molar-refractivity contribution in [2.24, 2.45) is 7.05 Å². The average Bonchev–Trinajstić information content (AvgIpc) is 2.63. The van der Waals surface area contributed by atoms with Gasteiger partial charge in [0.2, 0.25) is 0 Å². The first-order valence-electron chi connectivity index (χ1n) is 6.06. The molecule has 1 unspecified atom stereocenters. The van der Waals surface area contributed by atoms with Gasteiger partial charge in [0.1, 0.15) is 0 Å². The number of ether oxygens (including phenoxy) is 1. The van der Waals surface area contributed by atoms with Gasteiger partial charge in [0.25, 0.3) is 0 Å².